The molecule has 0 fully saturated rings. The highest BCUT2D eigenvalue weighted by Gasteiger charge is 2.31. The molecular weight excluding hydrogens is 250 g/mol. The van der Waals surface area contributed by atoms with Crippen molar-refractivity contribution in [2.24, 2.45) is 0 Å². The van der Waals surface area contributed by atoms with Crippen molar-refractivity contribution in [2.45, 2.75) is 26.2 Å². The summed E-state index contributed by atoms with van der Waals surface area (Å²) in [4.78, 5) is 0. The lowest BCUT2D eigenvalue weighted by molar-refractivity contribution is 0.411. The normalized spacial score (nSPS) is 15.1. The number of hydrogen-bond acceptors (Lipinski definition) is 3. The van der Waals surface area contributed by atoms with Gasteiger partial charge in [0.25, 0.3) is 0 Å². The van der Waals surface area contributed by atoms with Crippen LogP contribution in [0.3, 0.4) is 0 Å². The molecule has 0 amide bonds. The average Bonchev–Trinajstić information content (AvgIpc) is 2.71. The fourth-order valence-corrected chi connectivity index (χ4v) is 3.46. The van der Waals surface area contributed by atoms with Crippen LogP contribution in [0.25, 0.3) is 0 Å². The molecule has 1 aromatic carbocycles. The van der Waals surface area contributed by atoms with Gasteiger partial charge in [-0.25, -0.2) is 8.42 Å². The minimum Gasteiger partial charge on any atom is -0.496 e. The third-order valence-electron chi connectivity index (χ3n) is 3.33. The summed E-state index contributed by atoms with van der Waals surface area (Å²) >= 11 is 0. The van der Waals surface area contributed by atoms with Gasteiger partial charge in [-0.1, -0.05) is 19.9 Å². The van der Waals surface area contributed by atoms with E-state index in [-0.39, 0.29) is 5.92 Å². The zero-order valence-electron chi connectivity index (χ0n) is 11.2. The number of nitrogens with zero attached hydrogens (tertiary/aromatic N) is 1. The minimum absolute atomic E-state index is 0.284. The molecule has 0 saturated heterocycles. The lowest BCUT2D eigenvalue weighted by atomic mass is 9.98. The van der Waals surface area contributed by atoms with Crippen molar-refractivity contribution >= 4 is 15.7 Å². The summed E-state index contributed by atoms with van der Waals surface area (Å²) in [5.74, 6) is 1.06. The highest BCUT2D eigenvalue weighted by molar-refractivity contribution is 7.92. The first-order chi connectivity index (χ1) is 8.36. The van der Waals surface area contributed by atoms with Crippen molar-refractivity contribution in [3.63, 3.8) is 0 Å². The zero-order valence-corrected chi connectivity index (χ0v) is 12.0. The molecule has 0 radical (unpaired) electrons. The molecule has 1 heterocycles. The highest BCUT2D eigenvalue weighted by Crippen LogP contribution is 2.42. The molecule has 0 atom stereocenters. The number of rotatable bonds is 3. The Morgan fingerprint density at radius 2 is 2.00 bits per heavy atom. The number of fused-ring (bicyclic) bond motifs is 1. The molecule has 0 spiro atoms. The van der Waals surface area contributed by atoms with Gasteiger partial charge in [0.15, 0.2) is 0 Å². The number of methoxy groups -OCH3 is 1. The van der Waals surface area contributed by atoms with Crippen LogP contribution in [-0.2, 0) is 16.4 Å². The van der Waals surface area contributed by atoms with Crippen LogP contribution < -0.4 is 9.04 Å². The molecule has 100 valence electrons. The summed E-state index contributed by atoms with van der Waals surface area (Å²) in [5, 5.41) is 0. The molecule has 0 bridgehead atoms. The van der Waals surface area contributed by atoms with Gasteiger partial charge >= 0.3 is 0 Å². The molecule has 4 nitrogen and oxygen atoms in total. The smallest absolute Gasteiger partial charge is 0.232 e. The maximum atomic E-state index is 11.9. The Hall–Kier alpha value is -1.23. The van der Waals surface area contributed by atoms with E-state index in [0.29, 0.717) is 13.0 Å². The van der Waals surface area contributed by atoms with Crippen LogP contribution in [0.4, 0.5) is 5.69 Å². The molecule has 5 heteroatoms. The van der Waals surface area contributed by atoms with Crippen LogP contribution in [0.5, 0.6) is 5.75 Å². The SMILES string of the molecule is COc1ccc(C(C)C)c2c1CCN2S(C)(=O)=O. The Morgan fingerprint density at radius 1 is 1.33 bits per heavy atom. The number of ether oxygens (including phenoxy) is 1. The lowest BCUT2D eigenvalue weighted by Crippen LogP contribution is -2.28. The van der Waals surface area contributed by atoms with E-state index in [9.17, 15) is 8.42 Å². The monoisotopic (exact) mass is 269 g/mol. The molecule has 2 rings (SSSR count). The fraction of sp³-hybridized carbons (Fsp3) is 0.538. The summed E-state index contributed by atoms with van der Waals surface area (Å²) in [5.41, 5.74) is 2.90. The van der Waals surface area contributed by atoms with Crippen LogP contribution >= 0.6 is 0 Å². The van der Waals surface area contributed by atoms with Crippen molar-refractivity contribution in [2.75, 3.05) is 24.2 Å². The second kappa shape index (κ2) is 4.46. The van der Waals surface area contributed by atoms with Gasteiger partial charge in [0.2, 0.25) is 10.0 Å². The van der Waals surface area contributed by atoms with Gasteiger partial charge in [-0.15, -0.1) is 0 Å². The number of sulfonamides is 1. The Bertz CT molecular complexity index is 564. The molecule has 0 aliphatic carbocycles. The van der Waals surface area contributed by atoms with Gasteiger partial charge < -0.3 is 4.74 Å². The quantitative estimate of drug-likeness (QED) is 0.844. The first-order valence-electron chi connectivity index (χ1n) is 6.03. The Morgan fingerprint density at radius 3 is 2.50 bits per heavy atom. The van der Waals surface area contributed by atoms with Crippen LogP contribution in [-0.4, -0.2) is 28.3 Å². The van der Waals surface area contributed by atoms with Crippen molar-refractivity contribution in [3.05, 3.63) is 23.3 Å². The molecular formula is C13H19NO3S. The summed E-state index contributed by atoms with van der Waals surface area (Å²) in [6, 6.07) is 3.89. The van der Waals surface area contributed by atoms with Gasteiger partial charge in [0.1, 0.15) is 5.75 Å². The zero-order chi connectivity index (χ0) is 13.5. The maximum Gasteiger partial charge on any atom is 0.232 e. The van der Waals surface area contributed by atoms with E-state index in [1.165, 1.54) is 10.6 Å². The Labute approximate surface area is 109 Å². The van der Waals surface area contributed by atoms with Crippen molar-refractivity contribution in [1.29, 1.82) is 0 Å². The average molecular weight is 269 g/mol. The van der Waals surface area contributed by atoms with Gasteiger partial charge in [-0.3, -0.25) is 4.31 Å². The summed E-state index contributed by atoms with van der Waals surface area (Å²) in [6.45, 7) is 4.65. The summed E-state index contributed by atoms with van der Waals surface area (Å²) in [6.07, 6.45) is 1.97. The highest BCUT2D eigenvalue weighted by atomic mass is 32.2. The van der Waals surface area contributed by atoms with Crippen LogP contribution in [0, 0.1) is 0 Å². The van der Waals surface area contributed by atoms with Gasteiger partial charge in [0.05, 0.1) is 19.1 Å². The van der Waals surface area contributed by atoms with E-state index in [2.05, 4.69) is 13.8 Å². The first kappa shape index (κ1) is 13.2. The summed E-state index contributed by atoms with van der Waals surface area (Å²) in [7, 11) is -1.60. The number of benzene rings is 1. The van der Waals surface area contributed by atoms with Crippen LogP contribution in [0.2, 0.25) is 0 Å². The van der Waals surface area contributed by atoms with Crippen molar-refractivity contribution in [1.82, 2.24) is 0 Å². The van der Waals surface area contributed by atoms with E-state index in [1.807, 2.05) is 12.1 Å². The Kier molecular flexibility index (Phi) is 3.27. The molecule has 0 saturated carbocycles. The molecule has 18 heavy (non-hydrogen) atoms. The third kappa shape index (κ3) is 2.07. The van der Waals surface area contributed by atoms with E-state index in [4.69, 9.17) is 4.74 Å². The first-order valence-corrected chi connectivity index (χ1v) is 7.88. The molecule has 0 N–H and O–H groups in total. The van der Waals surface area contributed by atoms with Crippen molar-refractivity contribution in [3.8, 4) is 5.75 Å². The molecule has 1 aliphatic rings. The van der Waals surface area contributed by atoms with Gasteiger partial charge in [-0.2, -0.15) is 0 Å². The molecule has 1 aliphatic heterocycles. The molecule has 0 unspecified atom stereocenters. The lowest BCUT2D eigenvalue weighted by Gasteiger charge is -2.22. The predicted molar refractivity (Wildman–Crippen MR) is 73.0 cm³/mol. The largest absolute Gasteiger partial charge is 0.496 e. The predicted octanol–water partition coefficient (Wildman–Crippen LogP) is 2.14. The summed E-state index contributed by atoms with van der Waals surface area (Å²) < 4.78 is 30.5. The van der Waals surface area contributed by atoms with E-state index < -0.39 is 10.0 Å². The van der Waals surface area contributed by atoms with E-state index in [0.717, 1.165) is 22.6 Å². The van der Waals surface area contributed by atoms with Gasteiger partial charge in [0, 0.05) is 12.1 Å². The van der Waals surface area contributed by atoms with Crippen molar-refractivity contribution < 1.29 is 13.2 Å². The Balaban J connectivity index is 2.67. The van der Waals surface area contributed by atoms with E-state index in [1.54, 1.807) is 7.11 Å². The van der Waals surface area contributed by atoms with Gasteiger partial charge in [-0.05, 0) is 24.0 Å². The number of anilines is 1. The fourth-order valence-electron chi connectivity index (χ4n) is 2.49. The topological polar surface area (TPSA) is 46.6 Å². The maximum absolute atomic E-state index is 11.9. The molecule has 0 aromatic heterocycles. The molecule has 1 aromatic rings. The standard InChI is InChI=1S/C13H19NO3S/c1-9(2)10-5-6-12(17-3)11-7-8-14(13(10)11)18(4,15)16/h5-6,9H,7-8H2,1-4H3. The second-order valence-corrected chi connectivity index (χ2v) is 6.83. The second-order valence-electron chi connectivity index (χ2n) is 4.92. The minimum atomic E-state index is -3.22. The van der Waals surface area contributed by atoms with E-state index >= 15 is 0 Å². The van der Waals surface area contributed by atoms with Crippen LogP contribution in [0.1, 0.15) is 30.9 Å². The van der Waals surface area contributed by atoms with Crippen LogP contribution in [0.15, 0.2) is 12.1 Å². The number of hydrogen-bond donors (Lipinski definition) is 0. The third-order valence-corrected chi connectivity index (χ3v) is 4.49.